The number of carbonyl (C=O) groups excluding carboxylic acids is 1. The van der Waals surface area contributed by atoms with E-state index in [0.29, 0.717) is 20.7 Å². The molecule has 0 spiro atoms. The fourth-order valence-corrected chi connectivity index (χ4v) is 2.96. The maximum Gasteiger partial charge on any atom is 0.357 e. The lowest BCUT2D eigenvalue weighted by Crippen LogP contribution is -2.03. The Hall–Kier alpha value is -1.10. The van der Waals surface area contributed by atoms with Gasteiger partial charge in [0.2, 0.25) is 0 Å². The summed E-state index contributed by atoms with van der Waals surface area (Å²) < 4.78 is 4.67. The molecule has 18 heavy (non-hydrogen) atoms. The Kier molecular flexibility index (Phi) is 3.90. The molecule has 0 saturated carbocycles. The highest BCUT2D eigenvalue weighted by molar-refractivity contribution is 7.15. The molecule has 0 amide bonds. The Morgan fingerprint density at radius 1 is 1.39 bits per heavy atom. The monoisotopic (exact) mass is 301 g/mol. The van der Waals surface area contributed by atoms with Crippen molar-refractivity contribution in [3.05, 3.63) is 38.8 Å². The van der Waals surface area contributed by atoms with Crippen LogP contribution in [-0.2, 0) is 4.74 Å². The second kappa shape index (κ2) is 5.26. The molecule has 0 saturated heterocycles. The summed E-state index contributed by atoms with van der Waals surface area (Å²) in [6, 6.07) is 5.16. The molecule has 0 fully saturated rings. The largest absolute Gasteiger partial charge is 0.464 e. The maximum absolute atomic E-state index is 11.5. The number of hydrogen-bond acceptors (Lipinski definition) is 4. The van der Waals surface area contributed by atoms with Gasteiger partial charge in [0.1, 0.15) is 5.01 Å². The summed E-state index contributed by atoms with van der Waals surface area (Å²) in [6.07, 6.45) is 0. The smallest absolute Gasteiger partial charge is 0.357 e. The van der Waals surface area contributed by atoms with Crippen LogP contribution in [0.25, 0.3) is 10.6 Å². The summed E-state index contributed by atoms with van der Waals surface area (Å²) in [6.45, 7) is 1.82. The van der Waals surface area contributed by atoms with Gasteiger partial charge >= 0.3 is 5.97 Å². The zero-order valence-electron chi connectivity index (χ0n) is 9.66. The minimum Gasteiger partial charge on any atom is -0.464 e. The van der Waals surface area contributed by atoms with Gasteiger partial charge in [-0.25, -0.2) is 9.78 Å². The van der Waals surface area contributed by atoms with Gasteiger partial charge in [-0.2, -0.15) is 0 Å². The van der Waals surface area contributed by atoms with Crippen LogP contribution in [0.3, 0.4) is 0 Å². The molecular weight excluding hydrogens is 293 g/mol. The first-order valence-corrected chi connectivity index (χ1v) is 6.61. The van der Waals surface area contributed by atoms with Crippen LogP contribution in [0, 0.1) is 6.92 Å². The Balaban J connectivity index is 2.49. The number of aryl methyl sites for hydroxylation is 1. The minimum atomic E-state index is -0.444. The molecular formula is C12H9Cl2NO2S. The van der Waals surface area contributed by atoms with E-state index >= 15 is 0 Å². The normalized spacial score (nSPS) is 10.4. The molecule has 1 aromatic heterocycles. The quantitative estimate of drug-likeness (QED) is 0.780. The maximum atomic E-state index is 11.5. The first-order chi connectivity index (χ1) is 8.52. The molecule has 0 aliphatic heterocycles. The van der Waals surface area contributed by atoms with Crippen LogP contribution in [0.2, 0.25) is 10.0 Å². The van der Waals surface area contributed by atoms with E-state index < -0.39 is 5.97 Å². The number of rotatable bonds is 2. The lowest BCUT2D eigenvalue weighted by atomic mass is 10.2. The van der Waals surface area contributed by atoms with Gasteiger partial charge in [-0.3, -0.25) is 0 Å². The van der Waals surface area contributed by atoms with Gasteiger partial charge in [-0.15, -0.1) is 11.3 Å². The minimum absolute atomic E-state index is 0.323. The summed E-state index contributed by atoms with van der Waals surface area (Å²) in [5.74, 6) is -0.444. The molecule has 0 aliphatic carbocycles. The molecule has 94 valence electrons. The van der Waals surface area contributed by atoms with E-state index in [0.717, 1.165) is 10.4 Å². The third-order valence-corrected chi connectivity index (χ3v) is 3.89. The van der Waals surface area contributed by atoms with Crippen LogP contribution >= 0.6 is 34.5 Å². The summed E-state index contributed by atoms with van der Waals surface area (Å²) in [7, 11) is 1.33. The van der Waals surface area contributed by atoms with Crippen LogP contribution in [0.15, 0.2) is 18.2 Å². The van der Waals surface area contributed by atoms with E-state index in [4.69, 9.17) is 23.2 Å². The number of esters is 1. The highest BCUT2D eigenvalue weighted by Gasteiger charge is 2.17. The van der Waals surface area contributed by atoms with Crippen LogP contribution in [0.4, 0.5) is 0 Å². The van der Waals surface area contributed by atoms with E-state index in [1.807, 2.05) is 6.92 Å². The molecule has 0 atom stereocenters. The third-order valence-electron chi connectivity index (χ3n) is 2.34. The fourth-order valence-electron chi connectivity index (χ4n) is 1.46. The van der Waals surface area contributed by atoms with Gasteiger partial charge < -0.3 is 4.74 Å². The Labute approximate surface area is 118 Å². The van der Waals surface area contributed by atoms with Gasteiger partial charge in [-0.05, 0) is 25.1 Å². The average Bonchev–Trinajstić information content (AvgIpc) is 2.70. The standard InChI is InChI=1S/C12H9Cl2NO2S/c1-6-10(12(16)17-2)15-11(18-6)8-4-3-7(13)5-9(8)14/h3-5H,1-2H3. The Morgan fingerprint density at radius 3 is 2.72 bits per heavy atom. The van der Waals surface area contributed by atoms with Crippen molar-refractivity contribution in [1.82, 2.24) is 4.98 Å². The second-order valence-electron chi connectivity index (χ2n) is 3.54. The van der Waals surface area contributed by atoms with Crippen LogP contribution in [-0.4, -0.2) is 18.1 Å². The topological polar surface area (TPSA) is 39.2 Å². The number of ether oxygens (including phenoxy) is 1. The van der Waals surface area contributed by atoms with Crippen molar-refractivity contribution in [2.45, 2.75) is 6.92 Å². The van der Waals surface area contributed by atoms with Gasteiger partial charge in [0.05, 0.1) is 12.1 Å². The molecule has 0 N–H and O–H groups in total. The summed E-state index contributed by atoms with van der Waals surface area (Å²) >= 11 is 13.3. The van der Waals surface area contributed by atoms with Crippen LogP contribution in [0.5, 0.6) is 0 Å². The zero-order chi connectivity index (χ0) is 13.3. The number of methoxy groups -OCH3 is 1. The summed E-state index contributed by atoms with van der Waals surface area (Å²) in [5, 5.41) is 1.74. The molecule has 0 radical (unpaired) electrons. The Morgan fingerprint density at radius 2 is 2.11 bits per heavy atom. The number of hydrogen-bond donors (Lipinski definition) is 0. The molecule has 0 bridgehead atoms. The SMILES string of the molecule is COC(=O)c1nc(-c2ccc(Cl)cc2Cl)sc1C. The zero-order valence-corrected chi connectivity index (χ0v) is 12.0. The van der Waals surface area contributed by atoms with Crippen molar-refractivity contribution in [2.75, 3.05) is 7.11 Å². The lowest BCUT2D eigenvalue weighted by Gasteiger charge is -2.00. The highest BCUT2D eigenvalue weighted by atomic mass is 35.5. The van der Waals surface area contributed by atoms with Gasteiger partial charge in [0, 0.05) is 15.5 Å². The van der Waals surface area contributed by atoms with Crippen molar-refractivity contribution in [3.8, 4) is 10.6 Å². The van der Waals surface area contributed by atoms with E-state index in [1.165, 1.54) is 18.4 Å². The molecule has 0 aliphatic rings. The van der Waals surface area contributed by atoms with E-state index in [9.17, 15) is 4.79 Å². The first-order valence-electron chi connectivity index (χ1n) is 5.04. The summed E-state index contributed by atoms with van der Waals surface area (Å²) in [4.78, 5) is 16.5. The number of benzene rings is 1. The van der Waals surface area contributed by atoms with Crippen molar-refractivity contribution >= 4 is 40.5 Å². The van der Waals surface area contributed by atoms with Crippen molar-refractivity contribution in [3.63, 3.8) is 0 Å². The van der Waals surface area contributed by atoms with Crippen LogP contribution < -0.4 is 0 Å². The van der Waals surface area contributed by atoms with Gasteiger partial charge in [-0.1, -0.05) is 23.2 Å². The van der Waals surface area contributed by atoms with Gasteiger partial charge in [0.25, 0.3) is 0 Å². The molecule has 1 aromatic carbocycles. The van der Waals surface area contributed by atoms with Crippen molar-refractivity contribution in [2.24, 2.45) is 0 Å². The molecule has 0 unspecified atom stereocenters. The molecule has 3 nitrogen and oxygen atoms in total. The van der Waals surface area contributed by atoms with Crippen molar-refractivity contribution in [1.29, 1.82) is 0 Å². The lowest BCUT2D eigenvalue weighted by molar-refractivity contribution is 0.0594. The molecule has 2 rings (SSSR count). The van der Waals surface area contributed by atoms with Crippen molar-refractivity contribution < 1.29 is 9.53 Å². The first kappa shape index (κ1) is 13.3. The van der Waals surface area contributed by atoms with E-state index in [-0.39, 0.29) is 0 Å². The number of thiazole rings is 1. The van der Waals surface area contributed by atoms with E-state index in [2.05, 4.69) is 9.72 Å². The predicted octanol–water partition coefficient (Wildman–Crippen LogP) is 4.21. The molecule has 6 heteroatoms. The highest BCUT2D eigenvalue weighted by Crippen LogP contribution is 2.34. The molecule has 1 heterocycles. The average molecular weight is 302 g/mol. The molecule has 2 aromatic rings. The van der Waals surface area contributed by atoms with E-state index in [1.54, 1.807) is 18.2 Å². The predicted molar refractivity (Wildman–Crippen MR) is 73.6 cm³/mol. The van der Waals surface area contributed by atoms with Crippen LogP contribution in [0.1, 0.15) is 15.4 Å². The fraction of sp³-hybridized carbons (Fsp3) is 0.167. The second-order valence-corrected chi connectivity index (χ2v) is 5.59. The third kappa shape index (κ3) is 2.51. The number of halogens is 2. The number of aromatic nitrogens is 1. The summed E-state index contributed by atoms with van der Waals surface area (Å²) in [5.41, 5.74) is 1.08. The Bertz CT molecular complexity index is 610. The number of carbonyl (C=O) groups is 1. The number of nitrogens with zero attached hydrogens (tertiary/aromatic N) is 1. The van der Waals surface area contributed by atoms with Gasteiger partial charge in [0.15, 0.2) is 5.69 Å².